The minimum absolute atomic E-state index is 0.340. The van der Waals surface area contributed by atoms with Gasteiger partial charge in [-0.1, -0.05) is 6.58 Å². The maximum atomic E-state index is 12.7. The minimum atomic E-state index is -4.74. The molecule has 0 N–H and O–H groups in total. The number of halogens is 3. The molecule has 0 aliphatic heterocycles. The first kappa shape index (κ1) is 17.1. The summed E-state index contributed by atoms with van der Waals surface area (Å²) in [5, 5.41) is 0. The number of ether oxygens (including phenoxy) is 2. The summed E-state index contributed by atoms with van der Waals surface area (Å²) in [5.74, 6) is -0.0479. The third-order valence-corrected chi connectivity index (χ3v) is 5.69. The third kappa shape index (κ3) is 3.27. The van der Waals surface area contributed by atoms with Gasteiger partial charge >= 0.3 is 12.1 Å². The molecule has 4 fully saturated rings. The Kier molecular flexibility index (Phi) is 4.24. The number of carbonyl (C=O) groups is 1. The van der Waals surface area contributed by atoms with E-state index in [-0.39, 0.29) is 5.60 Å². The van der Waals surface area contributed by atoms with Gasteiger partial charge in [0.2, 0.25) is 0 Å². The highest BCUT2D eigenvalue weighted by atomic mass is 32.2. The molecular weight excluding hydrogens is 329 g/mol. The summed E-state index contributed by atoms with van der Waals surface area (Å²) in [5.41, 5.74) is -2.58. The number of hydrogen-bond donors (Lipinski definition) is 0. The van der Waals surface area contributed by atoms with Crippen LogP contribution in [-0.2, 0) is 14.3 Å². The Bertz CT molecular complexity index is 503. The molecule has 23 heavy (non-hydrogen) atoms. The van der Waals surface area contributed by atoms with E-state index in [1.54, 1.807) is 11.8 Å². The average molecular weight is 350 g/mol. The van der Waals surface area contributed by atoms with Crippen molar-refractivity contribution in [2.24, 2.45) is 11.8 Å². The quantitative estimate of drug-likeness (QED) is 0.425. The molecule has 0 radical (unpaired) electrons. The molecule has 0 spiro atoms. The molecule has 0 aromatic heterocycles. The molecule has 0 saturated heterocycles. The van der Waals surface area contributed by atoms with Gasteiger partial charge < -0.3 is 9.47 Å². The van der Waals surface area contributed by atoms with Gasteiger partial charge in [0.25, 0.3) is 0 Å². The van der Waals surface area contributed by atoms with Crippen LogP contribution in [0.25, 0.3) is 0 Å². The van der Waals surface area contributed by atoms with Crippen LogP contribution in [0.4, 0.5) is 13.2 Å². The van der Waals surface area contributed by atoms with Crippen LogP contribution in [0, 0.1) is 11.8 Å². The molecule has 0 aromatic rings. The molecule has 4 aliphatic carbocycles. The van der Waals surface area contributed by atoms with Crippen molar-refractivity contribution in [1.29, 1.82) is 0 Å². The van der Waals surface area contributed by atoms with E-state index in [1.165, 1.54) is 0 Å². The molecule has 0 amide bonds. The SMILES string of the molecule is C=C(C(=O)OC12C[C@@H]3C[C@@H](CC(OCSC)(C3)C1)C2)C(F)(F)F. The first-order valence-corrected chi connectivity index (χ1v) is 9.19. The lowest BCUT2D eigenvalue weighted by molar-refractivity contribution is -0.229. The molecule has 4 bridgehead atoms. The van der Waals surface area contributed by atoms with Crippen molar-refractivity contribution in [2.75, 3.05) is 12.2 Å². The highest BCUT2D eigenvalue weighted by molar-refractivity contribution is 7.98. The first-order chi connectivity index (χ1) is 10.7. The van der Waals surface area contributed by atoms with E-state index >= 15 is 0 Å². The van der Waals surface area contributed by atoms with Gasteiger partial charge in [0.1, 0.15) is 11.2 Å². The Morgan fingerprint density at radius 3 is 2.30 bits per heavy atom. The van der Waals surface area contributed by atoms with E-state index in [4.69, 9.17) is 9.47 Å². The van der Waals surface area contributed by atoms with Crippen LogP contribution in [0.1, 0.15) is 38.5 Å². The molecule has 4 saturated carbocycles. The Hall–Kier alpha value is -0.690. The number of thioether (sulfide) groups is 1. The van der Waals surface area contributed by atoms with Crippen LogP contribution < -0.4 is 0 Å². The smallest absolute Gasteiger partial charge is 0.422 e. The fraction of sp³-hybridized carbons (Fsp3) is 0.812. The molecule has 2 unspecified atom stereocenters. The maximum absolute atomic E-state index is 12.7. The van der Waals surface area contributed by atoms with E-state index < -0.39 is 23.3 Å². The Balaban J connectivity index is 1.76. The molecule has 0 aromatic carbocycles. The van der Waals surface area contributed by atoms with E-state index in [9.17, 15) is 18.0 Å². The molecular formula is C16H21F3O3S. The summed E-state index contributed by atoms with van der Waals surface area (Å²) in [7, 11) is 0. The standard InChI is InChI=1S/C16H21F3O3S/c1-10(16(17,18)19)13(20)22-15-6-11-3-12(7-15)5-14(4-11,8-15)21-9-23-2/h11-12H,1,3-9H2,2H3/t11-,12+,14?,15?. The molecule has 4 rings (SSSR count). The molecule has 0 heterocycles. The fourth-order valence-corrected chi connectivity index (χ4v) is 5.31. The van der Waals surface area contributed by atoms with Gasteiger partial charge in [-0.25, -0.2) is 4.79 Å². The summed E-state index contributed by atoms with van der Waals surface area (Å²) < 4.78 is 49.5. The summed E-state index contributed by atoms with van der Waals surface area (Å²) in [4.78, 5) is 11.9. The van der Waals surface area contributed by atoms with Gasteiger partial charge in [0.05, 0.1) is 11.5 Å². The zero-order valence-electron chi connectivity index (χ0n) is 13.1. The second-order valence-electron chi connectivity index (χ2n) is 7.24. The molecule has 4 aliphatic rings. The Morgan fingerprint density at radius 2 is 1.78 bits per heavy atom. The van der Waals surface area contributed by atoms with Gasteiger partial charge in [-0.2, -0.15) is 13.2 Å². The normalized spacial score (nSPS) is 38.6. The second kappa shape index (κ2) is 5.69. The largest absolute Gasteiger partial charge is 0.455 e. The van der Waals surface area contributed by atoms with Gasteiger partial charge in [-0.15, -0.1) is 11.8 Å². The summed E-state index contributed by atoms with van der Waals surface area (Å²) >= 11 is 1.58. The van der Waals surface area contributed by atoms with Crippen molar-refractivity contribution < 1.29 is 27.4 Å². The fourth-order valence-electron chi connectivity index (χ4n) is 4.94. The summed E-state index contributed by atoms with van der Waals surface area (Å²) in [6, 6.07) is 0. The lowest BCUT2D eigenvalue weighted by Crippen LogP contribution is -2.61. The number of alkyl halides is 3. The average Bonchev–Trinajstić information content (AvgIpc) is 2.41. The topological polar surface area (TPSA) is 35.5 Å². The molecule has 130 valence electrons. The lowest BCUT2D eigenvalue weighted by atomic mass is 9.52. The van der Waals surface area contributed by atoms with E-state index in [0.29, 0.717) is 37.0 Å². The molecule has 7 heteroatoms. The predicted molar refractivity (Wildman–Crippen MR) is 80.9 cm³/mol. The van der Waals surface area contributed by atoms with Gasteiger partial charge in [0, 0.05) is 6.42 Å². The predicted octanol–water partition coefficient (Wildman–Crippen LogP) is 4.08. The van der Waals surface area contributed by atoms with Crippen molar-refractivity contribution in [3.8, 4) is 0 Å². The van der Waals surface area contributed by atoms with Crippen molar-refractivity contribution in [2.45, 2.75) is 55.9 Å². The Morgan fingerprint density at radius 1 is 1.22 bits per heavy atom. The number of hydrogen-bond acceptors (Lipinski definition) is 4. The first-order valence-electron chi connectivity index (χ1n) is 7.79. The number of esters is 1. The number of rotatable bonds is 5. The van der Waals surface area contributed by atoms with E-state index in [0.717, 1.165) is 19.3 Å². The lowest BCUT2D eigenvalue weighted by Gasteiger charge is -2.60. The van der Waals surface area contributed by atoms with Crippen LogP contribution in [0.5, 0.6) is 0 Å². The summed E-state index contributed by atoms with van der Waals surface area (Å²) in [6.45, 7) is 2.86. The van der Waals surface area contributed by atoms with Crippen molar-refractivity contribution in [3.63, 3.8) is 0 Å². The van der Waals surface area contributed by atoms with Crippen molar-refractivity contribution in [1.82, 2.24) is 0 Å². The zero-order valence-corrected chi connectivity index (χ0v) is 13.9. The maximum Gasteiger partial charge on any atom is 0.422 e. The highest BCUT2D eigenvalue weighted by Crippen LogP contribution is 2.60. The van der Waals surface area contributed by atoms with Crippen molar-refractivity contribution in [3.05, 3.63) is 12.2 Å². The zero-order chi connectivity index (χ0) is 16.9. The van der Waals surface area contributed by atoms with Gasteiger partial charge in [-0.3, -0.25) is 0 Å². The molecule has 3 nitrogen and oxygen atoms in total. The minimum Gasteiger partial charge on any atom is -0.455 e. The monoisotopic (exact) mass is 350 g/mol. The van der Waals surface area contributed by atoms with Crippen LogP contribution >= 0.6 is 11.8 Å². The van der Waals surface area contributed by atoms with Crippen LogP contribution in [0.2, 0.25) is 0 Å². The van der Waals surface area contributed by atoms with E-state index in [1.807, 2.05) is 6.26 Å². The third-order valence-electron chi connectivity index (χ3n) is 5.33. The van der Waals surface area contributed by atoms with Gasteiger partial charge in [0.15, 0.2) is 0 Å². The van der Waals surface area contributed by atoms with Crippen LogP contribution in [0.15, 0.2) is 12.2 Å². The van der Waals surface area contributed by atoms with Crippen LogP contribution in [-0.4, -0.2) is 35.5 Å². The second-order valence-corrected chi connectivity index (χ2v) is 8.06. The van der Waals surface area contributed by atoms with Crippen LogP contribution in [0.3, 0.4) is 0 Å². The number of carbonyl (C=O) groups excluding carboxylic acids is 1. The van der Waals surface area contributed by atoms with E-state index in [2.05, 4.69) is 6.58 Å². The van der Waals surface area contributed by atoms with Gasteiger partial charge in [-0.05, 0) is 50.2 Å². The van der Waals surface area contributed by atoms with Crippen molar-refractivity contribution >= 4 is 17.7 Å². The Labute approximate surface area is 138 Å². The molecule has 4 atom stereocenters. The summed E-state index contributed by atoms with van der Waals surface area (Å²) in [6.07, 6.45) is 1.90. The highest BCUT2D eigenvalue weighted by Gasteiger charge is 2.60.